The summed E-state index contributed by atoms with van der Waals surface area (Å²) >= 11 is 12.0. The summed E-state index contributed by atoms with van der Waals surface area (Å²) in [6, 6.07) is 4.51. The molecule has 0 radical (unpaired) electrons. The van der Waals surface area contributed by atoms with Gasteiger partial charge in [-0.15, -0.1) is 0 Å². The largest absolute Gasteiger partial charge is 0.481 e. The maximum atomic E-state index is 11.3. The number of carboxylic acid groups (broad SMARTS) is 1. The molecule has 2 unspecified atom stereocenters. The van der Waals surface area contributed by atoms with Crippen LogP contribution >= 0.6 is 23.2 Å². The Balaban J connectivity index is 2.51. The Morgan fingerprint density at radius 1 is 1.48 bits per heavy atom. The summed E-state index contributed by atoms with van der Waals surface area (Å²) in [6.45, 7) is 1.40. The number of H-pyrrole nitrogens is 1. The van der Waals surface area contributed by atoms with Crippen molar-refractivity contribution in [2.45, 2.75) is 18.9 Å². The van der Waals surface area contributed by atoms with Gasteiger partial charge in [-0.1, -0.05) is 29.3 Å². The van der Waals surface area contributed by atoms with Gasteiger partial charge in [0.1, 0.15) is 11.9 Å². The van der Waals surface area contributed by atoms with Gasteiger partial charge in [0, 0.05) is 22.0 Å². The lowest BCUT2D eigenvalue weighted by molar-refractivity contribution is -0.151. The fourth-order valence-electron chi connectivity index (χ4n) is 2.09. The number of aliphatic carboxylic acids is 1. The summed E-state index contributed by atoms with van der Waals surface area (Å²) in [4.78, 5) is 15.3. The molecule has 112 valence electrons. The highest BCUT2D eigenvalue weighted by atomic mass is 35.5. The predicted octanol–water partition coefficient (Wildman–Crippen LogP) is 2.26. The van der Waals surface area contributed by atoms with E-state index < -0.39 is 17.5 Å². The third kappa shape index (κ3) is 3.18. The molecule has 21 heavy (non-hydrogen) atoms. The van der Waals surface area contributed by atoms with Crippen molar-refractivity contribution < 1.29 is 15.0 Å². The molecule has 0 bridgehead atoms. The van der Waals surface area contributed by atoms with Gasteiger partial charge in [-0.25, -0.2) is 4.98 Å². The molecule has 6 nitrogen and oxygen atoms in total. The van der Waals surface area contributed by atoms with Crippen molar-refractivity contribution in [2.75, 3.05) is 0 Å². The minimum Gasteiger partial charge on any atom is -0.481 e. The number of nitrogens with zero attached hydrogens (tertiary/aromatic N) is 2. The van der Waals surface area contributed by atoms with Crippen molar-refractivity contribution in [3.63, 3.8) is 0 Å². The monoisotopic (exact) mass is 329 g/mol. The molecular formula is C13H13Cl2N3O3. The molecule has 0 saturated carbocycles. The standard InChI is InChI=1S/C13H13Cl2N3O3/c1-7(12(19)20)13(21,5-11-16-6-17-18-11)9-3-2-8(14)4-10(9)15/h2-4,6-7,21H,5H2,1H3,(H,19,20)(H,16,17,18). The molecule has 0 aliphatic heterocycles. The van der Waals surface area contributed by atoms with E-state index >= 15 is 0 Å². The van der Waals surface area contributed by atoms with E-state index in [1.54, 1.807) is 6.07 Å². The molecule has 1 aromatic heterocycles. The van der Waals surface area contributed by atoms with Crippen molar-refractivity contribution in [3.8, 4) is 0 Å². The lowest BCUT2D eigenvalue weighted by atomic mass is 9.79. The Hall–Kier alpha value is -1.63. The Morgan fingerprint density at radius 2 is 2.19 bits per heavy atom. The highest BCUT2D eigenvalue weighted by Gasteiger charge is 2.42. The number of carbonyl (C=O) groups is 1. The van der Waals surface area contributed by atoms with Crippen LogP contribution in [-0.4, -0.2) is 31.4 Å². The molecule has 8 heteroatoms. The van der Waals surface area contributed by atoms with Crippen molar-refractivity contribution in [3.05, 3.63) is 46.0 Å². The fourth-order valence-corrected chi connectivity index (χ4v) is 2.66. The number of benzene rings is 1. The molecule has 2 rings (SSSR count). The number of carboxylic acids is 1. The fraction of sp³-hybridized carbons (Fsp3) is 0.308. The smallest absolute Gasteiger partial charge is 0.309 e. The normalized spacial score (nSPS) is 15.4. The van der Waals surface area contributed by atoms with Crippen molar-refractivity contribution in [1.82, 2.24) is 15.2 Å². The van der Waals surface area contributed by atoms with Crippen LogP contribution in [0.5, 0.6) is 0 Å². The first-order valence-electron chi connectivity index (χ1n) is 6.10. The lowest BCUT2D eigenvalue weighted by Gasteiger charge is -2.32. The van der Waals surface area contributed by atoms with Crippen LogP contribution in [0.4, 0.5) is 0 Å². The zero-order valence-corrected chi connectivity index (χ0v) is 12.6. The summed E-state index contributed by atoms with van der Waals surface area (Å²) in [5.74, 6) is -1.98. The molecule has 0 saturated heterocycles. The highest BCUT2D eigenvalue weighted by Crippen LogP contribution is 2.38. The molecule has 0 spiro atoms. The summed E-state index contributed by atoms with van der Waals surface area (Å²) in [5.41, 5.74) is -1.48. The summed E-state index contributed by atoms with van der Waals surface area (Å²) in [5, 5.41) is 27.2. The molecule has 0 aliphatic carbocycles. The van der Waals surface area contributed by atoms with E-state index in [-0.39, 0.29) is 22.8 Å². The van der Waals surface area contributed by atoms with Gasteiger partial charge in [0.2, 0.25) is 0 Å². The minimum absolute atomic E-state index is 0.0919. The maximum Gasteiger partial charge on any atom is 0.309 e. The van der Waals surface area contributed by atoms with Gasteiger partial charge in [0.05, 0.1) is 5.92 Å². The van der Waals surface area contributed by atoms with E-state index in [2.05, 4.69) is 15.2 Å². The van der Waals surface area contributed by atoms with Crippen molar-refractivity contribution in [2.24, 2.45) is 5.92 Å². The number of nitrogens with one attached hydrogen (secondary N) is 1. The number of hydrogen-bond donors (Lipinski definition) is 3. The second-order valence-corrected chi connectivity index (χ2v) is 5.54. The second-order valence-electron chi connectivity index (χ2n) is 4.70. The second kappa shape index (κ2) is 6.01. The van der Waals surface area contributed by atoms with Gasteiger partial charge in [0.15, 0.2) is 5.82 Å². The number of aliphatic hydroxyl groups is 1. The van der Waals surface area contributed by atoms with Crippen LogP contribution in [0.25, 0.3) is 0 Å². The zero-order valence-electron chi connectivity index (χ0n) is 11.0. The summed E-state index contributed by atoms with van der Waals surface area (Å²) in [6.07, 6.45) is 1.26. The summed E-state index contributed by atoms with van der Waals surface area (Å²) in [7, 11) is 0. The van der Waals surface area contributed by atoms with Crippen LogP contribution in [0.2, 0.25) is 10.0 Å². The van der Waals surface area contributed by atoms with Crippen LogP contribution in [0.3, 0.4) is 0 Å². The van der Waals surface area contributed by atoms with Gasteiger partial charge >= 0.3 is 5.97 Å². The Bertz CT molecular complexity index is 648. The minimum atomic E-state index is -1.75. The number of hydrogen-bond acceptors (Lipinski definition) is 4. The van der Waals surface area contributed by atoms with Crippen molar-refractivity contribution >= 4 is 29.2 Å². The topological polar surface area (TPSA) is 99.1 Å². The first-order chi connectivity index (χ1) is 9.84. The van der Waals surface area contributed by atoms with Crippen LogP contribution < -0.4 is 0 Å². The molecule has 1 heterocycles. The molecule has 1 aromatic carbocycles. The Kier molecular flexibility index (Phi) is 4.51. The first-order valence-corrected chi connectivity index (χ1v) is 6.85. The van der Waals surface area contributed by atoms with Gasteiger partial charge in [0.25, 0.3) is 0 Å². The first kappa shape index (κ1) is 15.8. The molecule has 2 aromatic rings. The Labute approximate surface area is 130 Å². The van der Waals surface area contributed by atoms with Crippen LogP contribution in [0.1, 0.15) is 18.3 Å². The average molecular weight is 330 g/mol. The number of halogens is 2. The molecule has 0 aliphatic rings. The zero-order chi connectivity index (χ0) is 15.6. The third-order valence-electron chi connectivity index (χ3n) is 3.38. The summed E-state index contributed by atoms with van der Waals surface area (Å²) < 4.78 is 0. The van der Waals surface area contributed by atoms with Crippen LogP contribution in [-0.2, 0) is 16.8 Å². The van der Waals surface area contributed by atoms with Gasteiger partial charge < -0.3 is 10.2 Å². The van der Waals surface area contributed by atoms with E-state index in [9.17, 15) is 15.0 Å². The quantitative estimate of drug-likeness (QED) is 0.781. The van der Waals surface area contributed by atoms with Gasteiger partial charge in [-0.05, 0) is 19.1 Å². The van der Waals surface area contributed by atoms with Crippen LogP contribution in [0.15, 0.2) is 24.5 Å². The highest BCUT2D eigenvalue weighted by molar-refractivity contribution is 6.35. The molecule has 3 N–H and O–H groups in total. The lowest BCUT2D eigenvalue weighted by Crippen LogP contribution is -2.40. The molecule has 0 fully saturated rings. The number of aromatic amines is 1. The van der Waals surface area contributed by atoms with E-state index in [1.165, 1.54) is 25.4 Å². The number of aromatic nitrogens is 3. The van der Waals surface area contributed by atoms with Gasteiger partial charge in [-0.2, -0.15) is 5.10 Å². The molecule has 2 atom stereocenters. The van der Waals surface area contributed by atoms with Gasteiger partial charge in [-0.3, -0.25) is 9.89 Å². The third-order valence-corrected chi connectivity index (χ3v) is 3.92. The Morgan fingerprint density at radius 3 is 2.71 bits per heavy atom. The van der Waals surface area contributed by atoms with Crippen LogP contribution in [0, 0.1) is 5.92 Å². The van der Waals surface area contributed by atoms with Crippen molar-refractivity contribution in [1.29, 1.82) is 0 Å². The predicted molar refractivity (Wildman–Crippen MR) is 77.2 cm³/mol. The SMILES string of the molecule is CC(C(=O)O)C(O)(Cc1nc[nH]n1)c1ccc(Cl)cc1Cl. The number of rotatable bonds is 5. The molecule has 0 amide bonds. The average Bonchev–Trinajstić information content (AvgIpc) is 2.89. The maximum absolute atomic E-state index is 11.3. The molecular weight excluding hydrogens is 317 g/mol. The van der Waals surface area contributed by atoms with E-state index in [0.29, 0.717) is 5.02 Å². The van der Waals surface area contributed by atoms with E-state index in [4.69, 9.17) is 23.2 Å². The van der Waals surface area contributed by atoms with E-state index in [1.807, 2.05) is 0 Å². The van der Waals surface area contributed by atoms with E-state index in [0.717, 1.165) is 0 Å².